The van der Waals surface area contributed by atoms with Gasteiger partial charge in [0.2, 0.25) is 0 Å². The summed E-state index contributed by atoms with van der Waals surface area (Å²) in [5, 5.41) is 16.8. The number of nitrogens with zero attached hydrogens (tertiary/aromatic N) is 5. The van der Waals surface area contributed by atoms with Gasteiger partial charge in [-0.3, -0.25) is 14.6 Å². The molecule has 1 N–H and O–H groups in total. The minimum atomic E-state index is -1.17. The summed E-state index contributed by atoms with van der Waals surface area (Å²) in [5.74, 6) is -0.796. The first-order valence-corrected chi connectivity index (χ1v) is 10.8. The van der Waals surface area contributed by atoms with E-state index in [0.29, 0.717) is 29.4 Å². The number of ether oxygens (including phenoxy) is 1. The quantitative estimate of drug-likeness (QED) is 0.531. The lowest BCUT2D eigenvalue weighted by Crippen LogP contribution is -2.39. The van der Waals surface area contributed by atoms with Crippen molar-refractivity contribution in [2.24, 2.45) is 0 Å². The molecule has 1 amide bonds. The molecule has 0 spiro atoms. The van der Waals surface area contributed by atoms with Gasteiger partial charge in [-0.05, 0) is 61.8 Å². The van der Waals surface area contributed by atoms with Crippen LogP contribution in [0.5, 0.6) is 5.75 Å². The van der Waals surface area contributed by atoms with Crippen molar-refractivity contribution in [3.05, 3.63) is 65.0 Å². The number of hydrogen-bond acceptors (Lipinski definition) is 6. The summed E-state index contributed by atoms with van der Waals surface area (Å²) < 4.78 is 6.98. The Morgan fingerprint density at radius 1 is 1.12 bits per heavy atom. The van der Waals surface area contributed by atoms with E-state index in [9.17, 15) is 14.7 Å². The number of carbonyl (C=O) groups is 2. The fraction of sp³-hybridized carbons (Fsp3) is 0.360. The van der Waals surface area contributed by atoms with E-state index < -0.39 is 5.97 Å². The van der Waals surface area contributed by atoms with Crippen LogP contribution >= 0.6 is 0 Å². The molecule has 3 aromatic rings. The molecule has 0 saturated heterocycles. The fourth-order valence-electron chi connectivity index (χ4n) is 3.52. The maximum Gasteiger partial charge on any atom is 0.358 e. The smallest absolute Gasteiger partial charge is 0.358 e. The van der Waals surface area contributed by atoms with Gasteiger partial charge in [0, 0.05) is 5.56 Å². The first-order chi connectivity index (χ1) is 15.9. The first-order valence-electron chi connectivity index (χ1n) is 10.8. The molecule has 3 rings (SSSR count). The van der Waals surface area contributed by atoms with Crippen molar-refractivity contribution in [3.63, 3.8) is 0 Å². The number of carboxylic acid groups (broad SMARTS) is 1. The monoisotopic (exact) mass is 465 g/mol. The Kier molecular flexibility index (Phi) is 7.07. The van der Waals surface area contributed by atoms with Crippen LogP contribution in [-0.2, 0) is 5.41 Å². The van der Waals surface area contributed by atoms with Crippen LogP contribution in [0.4, 0.5) is 5.69 Å². The van der Waals surface area contributed by atoms with Gasteiger partial charge < -0.3 is 9.84 Å². The highest BCUT2D eigenvalue weighted by molar-refractivity contribution is 6.07. The molecule has 0 aliphatic heterocycles. The molecule has 0 unspecified atom stereocenters. The number of rotatable bonds is 7. The number of aryl methyl sites for hydroxylation is 1. The van der Waals surface area contributed by atoms with Crippen molar-refractivity contribution < 1.29 is 19.4 Å². The zero-order chi connectivity index (χ0) is 25.2. The van der Waals surface area contributed by atoms with Crippen molar-refractivity contribution in [2.75, 3.05) is 32.8 Å². The molecule has 180 valence electrons. The van der Waals surface area contributed by atoms with Crippen LogP contribution in [0.15, 0.2) is 42.6 Å². The number of carboxylic acids is 1. The number of aromatic nitrogens is 3. The van der Waals surface area contributed by atoms with E-state index in [4.69, 9.17) is 4.74 Å². The highest BCUT2D eigenvalue weighted by Crippen LogP contribution is 2.35. The number of aromatic carboxylic acids is 1. The summed E-state index contributed by atoms with van der Waals surface area (Å²) in [4.78, 5) is 28.6. The first kappa shape index (κ1) is 24.9. The van der Waals surface area contributed by atoms with Gasteiger partial charge in [-0.1, -0.05) is 38.1 Å². The number of amides is 1. The Morgan fingerprint density at radius 2 is 1.82 bits per heavy atom. The Morgan fingerprint density at radius 3 is 2.38 bits per heavy atom. The van der Waals surface area contributed by atoms with Crippen LogP contribution in [0.25, 0.3) is 5.69 Å². The lowest BCUT2D eigenvalue weighted by Gasteiger charge is -2.30. The fourth-order valence-corrected chi connectivity index (χ4v) is 3.52. The van der Waals surface area contributed by atoms with E-state index in [1.165, 1.54) is 10.9 Å². The second kappa shape index (κ2) is 9.64. The van der Waals surface area contributed by atoms with E-state index in [0.717, 1.165) is 11.1 Å². The van der Waals surface area contributed by atoms with E-state index in [1.54, 1.807) is 30.2 Å². The van der Waals surface area contributed by atoms with Gasteiger partial charge in [0.05, 0.1) is 31.4 Å². The molecule has 0 atom stereocenters. The van der Waals surface area contributed by atoms with Gasteiger partial charge in [-0.25, -0.2) is 9.48 Å². The molecule has 9 nitrogen and oxygen atoms in total. The number of hydrogen-bond donors (Lipinski definition) is 1. The molecule has 9 heteroatoms. The third-order valence-electron chi connectivity index (χ3n) is 5.42. The van der Waals surface area contributed by atoms with Crippen molar-refractivity contribution in [1.29, 1.82) is 0 Å². The normalized spacial score (nSPS) is 11.5. The summed E-state index contributed by atoms with van der Waals surface area (Å²) in [6.45, 7) is 8.54. The molecule has 0 bridgehead atoms. The van der Waals surface area contributed by atoms with Crippen LogP contribution in [0, 0.1) is 6.92 Å². The number of methoxy groups -OCH3 is 1. The summed E-state index contributed by atoms with van der Waals surface area (Å²) in [6, 6.07) is 11.1. The predicted octanol–water partition coefficient (Wildman–Crippen LogP) is 3.75. The number of carbonyl (C=O) groups excluding carboxylic acids is 1. The average molecular weight is 466 g/mol. The van der Waals surface area contributed by atoms with Crippen LogP contribution in [-0.4, -0.2) is 64.8 Å². The molecular weight excluding hydrogens is 434 g/mol. The van der Waals surface area contributed by atoms with Gasteiger partial charge in [-0.15, -0.1) is 5.10 Å². The molecule has 0 fully saturated rings. The van der Waals surface area contributed by atoms with Crippen LogP contribution < -0.4 is 9.64 Å². The molecule has 1 aromatic heterocycles. The van der Waals surface area contributed by atoms with E-state index in [2.05, 4.69) is 31.1 Å². The molecule has 0 saturated carbocycles. The summed E-state index contributed by atoms with van der Waals surface area (Å²) >= 11 is 0. The molecular formula is C25H31N5O4. The molecule has 0 aliphatic rings. The third-order valence-corrected chi connectivity index (χ3v) is 5.42. The van der Waals surface area contributed by atoms with Crippen molar-refractivity contribution in [2.45, 2.75) is 33.1 Å². The summed E-state index contributed by atoms with van der Waals surface area (Å²) in [5.41, 5.74) is 3.29. The molecule has 34 heavy (non-hydrogen) atoms. The SMILES string of the molecule is COc1ccc(C(C)(C)C)cc1N(CN(C)C)C(=O)c1ccc(C)c(-n2cc(C(=O)O)nn2)c1. The second-order valence-electron chi connectivity index (χ2n) is 9.45. The second-order valence-corrected chi connectivity index (χ2v) is 9.45. The zero-order valence-electron chi connectivity index (χ0n) is 20.7. The van der Waals surface area contributed by atoms with Crippen LogP contribution in [0.3, 0.4) is 0 Å². The minimum absolute atomic E-state index is 0.111. The molecule has 0 radical (unpaired) electrons. The standard InChI is InChI=1S/C25H31N5O4/c1-16-8-9-17(12-20(16)30-14-19(24(32)33)26-27-30)23(31)29(15-28(5)6)21-13-18(25(2,3)4)10-11-22(21)34-7/h8-14H,15H2,1-7H3,(H,32,33). The molecule has 0 aliphatic carbocycles. The van der Waals surface area contributed by atoms with Crippen molar-refractivity contribution in [3.8, 4) is 11.4 Å². The van der Waals surface area contributed by atoms with Crippen molar-refractivity contribution in [1.82, 2.24) is 19.9 Å². The van der Waals surface area contributed by atoms with Gasteiger partial charge in [0.1, 0.15) is 5.75 Å². The maximum absolute atomic E-state index is 13.8. The van der Waals surface area contributed by atoms with Crippen LogP contribution in [0.1, 0.15) is 52.7 Å². The van der Waals surface area contributed by atoms with Gasteiger partial charge in [0.25, 0.3) is 5.91 Å². The molecule has 1 heterocycles. The van der Waals surface area contributed by atoms with Gasteiger partial charge in [0.15, 0.2) is 5.69 Å². The van der Waals surface area contributed by atoms with E-state index >= 15 is 0 Å². The number of anilines is 1. The predicted molar refractivity (Wildman–Crippen MR) is 130 cm³/mol. The third kappa shape index (κ3) is 5.26. The number of benzene rings is 2. The Bertz CT molecular complexity index is 1210. The summed E-state index contributed by atoms with van der Waals surface area (Å²) in [7, 11) is 5.37. The highest BCUT2D eigenvalue weighted by Gasteiger charge is 2.25. The lowest BCUT2D eigenvalue weighted by molar-refractivity contribution is 0.0690. The zero-order valence-corrected chi connectivity index (χ0v) is 20.7. The maximum atomic E-state index is 13.8. The van der Waals surface area contributed by atoms with E-state index in [-0.39, 0.29) is 17.0 Å². The largest absolute Gasteiger partial charge is 0.495 e. The van der Waals surface area contributed by atoms with Gasteiger partial charge >= 0.3 is 5.97 Å². The van der Waals surface area contributed by atoms with Gasteiger partial charge in [-0.2, -0.15) is 0 Å². The topological polar surface area (TPSA) is 101 Å². The van der Waals surface area contributed by atoms with Crippen LogP contribution in [0.2, 0.25) is 0 Å². The Labute approximate surface area is 199 Å². The van der Waals surface area contributed by atoms with E-state index in [1.807, 2.05) is 44.1 Å². The summed E-state index contributed by atoms with van der Waals surface area (Å²) in [6.07, 6.45) is 1.33. The average Bonchev–Trinajstić information content (AvgIpc) is 3.26. The Balaban J connectivity index is 2.10. The highest BCUT2D eigenvalue weighted by atomic mass is 16.5. The Hall–Kier alpha value is -3.72. The lowest BCUT2D eigenvalue weighted by atomic mass is 9.86. The van der Waals surface area contributed by atoms with Crippen molar-refractivity contribution >= 4 is 17.6 Å². The minimum Gasteiger partial charge on any atom is -0.495 e. The molecule has 2 aromatic carbocycles.